The highest BCUT2D eigenvalue weighted by atomic mass is 15.1. The van der Waals surface area contributed by atoms with Gasteiger partial charge in [-0.2, -0.15) is 0 Å². The minimum Gasteiger partial charge on any atom is -0.370 e. The van der Waals surface area contributed by atoms with Gasteiger partial charge < -0.3 is 16.4 Å². The van der Waals surface area contributed by atoms with Crippen LogP contribution in [-0.2, 0) is 0 Å². The Labute approximate surface area is 86.4 Å². The van der Waals surface area contributed by atoms with Crippen LogP contribution < -0.4 is 11.5 Å². The number of hydrogen-bond donors (Lipinski definition) is 2. The molecule has 0 saturated carbocycles. The maximum Gasteiger partial charge on any atom is 0.185 e. The van der Waals surface area contributed by atoms with Crippen molar-refractivity contribution < 1.29 is 0 Å². The highest BCUT2D eigenvalue weighted by Crippen LogP contribution is 2.09. The first-order valence-corrected chi connectivity index (χ1v) is 5.57. The molecule has 0 aliphatic carbocycles. The molecule has 0 radical (unpaired) electrons. The Morgan fingerprint density at radius 3 is 2.29 bits per heavy atom. The average Bonchev–Trinajstić information content (AvgIpc) is 2.40. The predicted molar refractivity (Wildman–Crippen MR) is 60.2 cm³/mol. The lowest BCUT2D eigenvalue weighted by molar-refractivity contribution is 0.283. The maximum atomic E-state index is 5.25. The number of likely N-dealkylation sites (tertiary alicyclic amines) is 1. The second-order valence-electron chi connectivity index (χ2n) is 3.92. The van der Waals surface area contributed by atoms with E-state index in [9.17, 15) is 0 Å². The van der Waals surface area contributed by atoms with E-state index in [0.29, 0.717) is 0 Å². The summed E-state index contributed by atoms with van der Waals surface area (Å²) in [5.74, 6) is 0.209. The molecule has 1 aliphatic heterocycles. The maximum absolute atomic E-state index is 5.25. The molecule has 0 unspecified atom stereocenters. The van der Waals surface area contributed by atoms with Gasteiger partial charge in [0.05, 0.1) is 0 Å². The van der Waals surface area contributed by atoms with Crippen LogP contribution in [0.3, 0.4) is 0 Å². The van der Waals surface area contributed by atoms with Gasteiger partial charge in [-0.05, 0) is 38.9 Å². The van der Waals surface area contributed by atoms with Crippen LogP contribution in [-0.4, -0.2) is 37.0 Å². The molecule has 1 fully saturated rings. The second-order valence-corrected chi connectivity index (χ2v) is 3.92. The third-order valence-corrected chi connectivity index (χ3v) is 2.63. The van der Waals surface area contributed by atoms with Gasteiger partial charge in [-0.1, -0.05) is 12.8 Å². The van der Waals surface area contributed by atoms with Crippen LogP contribution in [0.5, 0.6) is 0 Å². The van der Waals surface area contributed by atoms with Gasteiger partial charge in [0, 0.05) is 6.54 Å². The van der Waals surface area contributed by atoms with Crippen LogP contribution in [0.15, 0.2) is 4.99 Å². The third kappa shape index (κ3) is 5.07. The Morgan fingerprint density at radius 2 is 1.71 bits per heavy atom. The molecule has 0 aromatic heterocycles. The van der Waals surface area contributed by atoms with E-state index >= 15 is 0 Å². The van der Waals surface area contributed by atoms with Crippen molar-refractivity contribution in [2.75, 3.05) is 26.2 Å². The van der Waals surface area contributed by atoms with Crippen LogP contribution >= 0.6 is 0 Å². The van der Waals surface area contributed by atoms with Crippen molar-refractivity contribution in [2.45, 2.75) is 32.1 Å². The predicted octanol–water partition coefficient (Wildman–Crippen LogP) is 0.526. The van der Waals surface area contributed by atoms with E-state index in [1.807, 2.05) is 0 Å². The van der Waals surface area contributed by atoms with E-state index in [4.69, 9.17) is 11.5 Å². The first-order chi connectivity index (χ1) is 6.79. The molecule has 1 saturated heterocycles. The van der Waals surface area contributed by atoms with E-state index < -0.39 is 0 Å². The summed E-state index contributed by atoms with van der Waals surface area (Å²) >= 11 is 0. The minimum absolute atomic E-state index is 0.209. The topological polar surface area (TPSA) is 67.6 Å². The Hall–Kier alpha value is -0.770. The van der Waals surface area contributed by atoms with Gasteiger partial charge in [-0.15, -0.1) is 0 Å². The second kappa shape index (κ2) is 6.65. The summed E-state index contributed by atoms with van der Waals surface area (Å²) in [6.07, 6.45) is 6.55. The zero-order chi connectivity index (χ0) is 10.2. The molecule has 0 atom stereocenters. The Morgan fingerprint density at radius 1 is 1.07 bits per heavy atom. The number of hydrogen-bond acceptors (Lipinski definition) is 2. The van der Waals surface area contributed by atoms with Gasteiger partial charge in [0.1, 0.15) is 0 Å². The van der Waals surface area contributed by atoms with Crippen LogP contribution in [0.1, 0.15) is 32.1 Å². The zero-order valence-corrected chi connectivity index (χ0v) is 8.91. The van der Waals surface area contributed by atoms with Crippen molar-refractivity contribution in [2.24, 2.45) is 16.5 Å². The van der Waals surface area contributed by atoms with Crippen molar-refractivity contribution in [1.29, 1.82) is 0 Å². The van der Waals surface area contributed by atoms with Crippen molar-refractivity contribution in [3.63, 3.8) is 0 Å². The standard InChI is InChI=1S/C10H22N4/c11-10(12)13-6-5-9-14-7-3-1-2-4-8-14/h1-9H2,(H4,11,12,13). The summed E-state index contributed by atoms with van der Waals surface area (Å²) in [4.78, 5) is 6.50. The molecule has 0 amide bonds. The summed E-state index contributed by atoms with van der Waals surface area (Å²) in [7, 11) is 0. The molecule has 82 valence electrons. The lowest BCUT2D eigenvalue weighted by atomic mass is 10.2. The molecular weight excluding hydrogens is 176 g/mol. The normalized spacial score (nSPS) is 18.9. The van der Waals surface area contributed by atoms with Gasteiger partial charge in [0.25, 0.3) is 0 Å². The van der Waals surface area contributed by atoms with E-state index in [2.05, 4.69) is 9.89 Å². The van der Waals surface area contributed by atoms with Gasteiger partial charge in [0.15, 0.2) is 5.96 Å². The molecule has 0 aromatic carbocycles. The number of guanidine groups is 1. The van der Waals surface area contributed by atoms with Crippen LogP contribution in [0, 0.1) is 0 Å². The number of aliphatic imine (C=N–C) groups is 1. The molecule has 14 heavy (non-hydrogen) atoms. The van der Waals surface area contributed by atoms with E-state index in [0.717, 1.165) is 19.5 Å². The molecule has 4 nitrogen and oxygen atoms in total. The van der Waals surface area contributed by atoms with E-state index in [-0.39, 0.29) is 5.96 Å². The Balaban J connectivity index is 2.07. The van der Waals surface area contributed by atoms with Gasteiger partial charge in [-0.3, -0.25) is 4.99 Å². The monoisotopic (exact) mass is 198 g/mol. The smallest absolute Gasteiger partial charge is 0.185 e. The highest BCUT2D eigenvalue weighted by molar-refractivity contribution is 5.75. The van der Waals surface area contributed by atoms with E-state index in [1.54, 1.807) is 0 Å². The Bertz CT molecular complexity index is 167. The number of nitrogens with two attached hydrogens (primary N) is 2. The first-order valence-electron chi connectivity index (χ1n) is 5.57. The molecule has 4 N–H and O–H groups in total. The van der Waals surface area contributed by atoms with Crippen LogP contribution in [0.4, 0.5) is 0 Å². The quantitative estimate of drug-likeness (QED) is 0.393. The number of rotatable bonds is 4. The largest absolute Gasteiger partial charge is 0.370 e. The fourth-order valence-electron chi connectivity index (χ4n) is 1.86. The van der Waals surface area contributed by atoms with Gasteiger partial charge >= 0.3 is 0 Å². The fraction of sp³-hybridized carbons (Fsp3) is 0.900. The highest BCUT2D eigenvalue weighted by Gasteiger charge is 2.07. The van der Waals surface area contributed by atoms with Crippen molar-refractivity contribution in [3.05, 3.63) is 0 Å². The van der Waals surface area contributed by atoms with Crippen molar-refractivity contribution in [1.82, 2.24) is 4.90 Å². The van der Waals surface area contributed by atoms with Crippen LogP contribution in [0.2, 0.25) is 0 Å². The molecule has 0 bridgehead atoms. The molecule has 0 spiro atoms. The summed E-state index contributed by atoms with van der Waals surface area (Å²) in [6.45, 7) is 4.40. The minimum atomic E-state index is 0.209. The van der Waals surface area contributed by atoms with E-state index in [1.165, 1.54) is 38.8 Å². The molecule has 4 heteroatoms. The third-order valence-electron chi connectivity index (χ3n) is 2.63. The SMILES string of the molecule is NC(N)=NCCCN1CCCCCC1. The number of nitrogens with zero attached hydrogens (tertiary/aromatic N) is 2. The lowest BCUT2D eigenvalue weighted by Crippen LogP contribution is -2.27. The average molecular weight is 198 g/mol. The summed E-state index contributed by atoms with van der Waals surface area (Å²) in [6, 6.07) is 0. The van der Waals surface area contributed by atoms with Gasteiger partial charge in [-0.25, -0.2) is 0 Å². The molecule has 1 heterocycles. The molecular formula is C10H22N4. The van der Waals surface area contributed by atoms with Crippen LogP contribution in [0.25, 0.3) is 0 Å². The zero-order valence-electron chi connectivity index (χ0n) is 8.91. The summed E-state index contributed by atoms with van der Waals surface area (Å²) in [5.41, 5.74) is 10.5. The van der Waals surface area contributed by atoms with Crippen molar-refractivity contribution >= 4 is 5.96 Å². The molecule has 1 aliphatic rings. The first kappa shape index (κ1) is 11.3. The van der Waals surface area contributed by atoms with Gasteiger partial charge in [0.2, 0.25) is 0 Å². The summed E-state index contributed by atoms with van der Waals surface area (Å²) in [5, 5.41) is 0. The Kier molecular flexibility index (Phi) is 5.37. The molecule has 1 rings (SSSR count). The lowest BCUT2D eigenvalue weighted by Gasteiger charge is -2.18. The fourth-order valence-corrected chi connectivity index (χ4v) is 1.86. The summed E-state index contributed by atoms with van der Waals surface area (Å²) < 4.78 is 0. The molecule has 0 aromatic rings. The van der Waals surface area contributed by atoms with Crippen molar-refractivity contribution in [3.8, 4) is 0 Å².